The first-order valence-electron chi connectivity index (χ1n) is 6.25. The third-order valence-corrected chi connectivity index (χ3v) is 2.65. The number of amides is 2. The Kier molecular flexibility index (Phi) is 4.81. The second kappa shape index (κ2) is 6.99. The van der Waals surface area contributed by atoms with Crippen molar-refractivity contribution < 1.29 is 14.7 Å². The molecule has 2 aromatic heterocycles. The molecule has 0 radical (unpaired) electrons. The maximum Gasteiger partial charge on any atom is 0.335 e. The number of aromatic carboxylic acids is 1. The molecule has 0 aliphatic rings. The molecule has 0 aliphatic carbocycles. The predicted molar refractivity (Wildman–Crippen MR) is 74.5 cm³/mol. The Bertz CT molecular complexity index is 631. The number of hydrogen-bond donors (Lipinski definition) is 3. The summed E-state index contributed by atoms with van der Waals surface area (Å²) in [6.07, 6.45) is 3.04. The monoisotopic (exact) mass is 286 g/mol. The van der Waals surface area contributed by atoms with Gasteiger partial charge in [0.25, 0.3) is 0 Å². The summed E-state index contributed by atoms with van der Waals surface area (Å²) in [6.45, 7) is 0.463. The van der Waals surface area contributed by atoms with Crippen LogP contribution in [-0.4, -0.2) is 27.1 Å². The van der Waals surface area contributed by atoms with Gasteiger partial charge in [0.15, 0.2) is 0 Å². The van der Waals surface area contributed by atoms with Gasteiger partial charge in [-0.1, -0.05) is 6.07 Å². The molecule has 2 heterocycles. The highest BCUT2D eigenvalue weighted by Crippen LogP contribution is 2.01. The topological polar surface area (TPSA) is 104 Å². The van der Waals surface area contributed by atoms with E-state index in [-0.39, 0.29) is 18.1 Å². The van der Waals surface area contributed by atoms with Gasteiger partial charge in [-0.05, 0) is 24.3 Å². The number of carbonyl (C=O) groups is 2. The molecule has 0 spiro atoms. The lowest BCUT2D eigenvalue weighted by molar-refractivity contribution is 0.0696. The number of nitrogens with one attached hydrogen (secondary N) is 2. The minimum absolute atomic E-state index is 0.135. The number of carboxylic acid groups (broad SMARTS) is 1. The van der Waals surface area contributed by atoms with E-state index < -0.39 is 5.97 Å². The zero-order valence-electron chi connectivity index (χ0n) is 11.1. The Morgan fingerprint density at radius 2 is 1.71 bits per heavy atom. The molecule has 7 nitrogen and oxygen atoms in total. The van der Waals surface area contributed by atoms with Crippen molar-refractivity contribution in [3.05, 3.63) is 59.7 Å². The third-order valence-electron chi connectivity index (χ3n) is 2.65. The molecule has 0 aromatic carbocycles. The Labute approximate surface area is 121 Å². The first-order chi connectivity index (χ1) is 10.1. The van der Waals surface area contributed by atoms with E-state index in [9.17, 15) is 9.59 Å². The van der Waals surface area contributed by atoms with Crippen LogP contribution in [0.15, 0.2) is 42.7 Å². The van der Waals surface area contributed by atoms with Gasteiger partial charge in [-0.2, -0.15) is 0 Å². The summed E-state index contributed by atoms with van der Waals surface area (Å²) >= 11 is 0. The highest BCUT2D eigenvalue weighted by atomic mass is 16.4. The zero-order chi connectivity index (χ0) is 15.1. The van der Waals surface area contributed by atoms with Crippen LogP contribution in [0, 0.1) is 0 Å². The van der Waals surface area contributed by atoms with Gasteiger partial charge < -0.3 is 15.7 Å². The van der Waals surface area contributed by atoms with E-state index in [1.165, 1.54) is 18.3 Å². The van der Waals surface area contributed by atoms with Crippen LogP contribution in [0.2, 0.25) is 0 Å². The smallest absolute Gasteiger partial charge is 0.335 e. The molecule has 0 saturated carbocycles. The van der Waals surface area contributed by atoms with Gasteiger partial charge in [0.1, 0.15) is 0 Å². The van der Waals surface area contributed by atoms with Crippen LogP contribution < -0.4 is 10.6 Å². The van der Waals surface area contributed by atoms with Crippen molar-refractivity contribution in [3.8, 4) is 0 Å². The molecule has 3 N–H and O–H groups in total. The second-order valence-electron chi connectivity index (χ2n) is 4.20. The number of hydrogen-bond acceptors (Lipinski definition) is 4. The number of carboxylic acids is 1. The van der Waals surface area contributed by atoms with Crippen LogP contribution in [0.4, 0.5) is 4.79 Å². The summed E-state index contributed by atoms with van der Waals surface area (Å²) in [7, 11) is 0. The lowest BCUT2D eigenvalue weighted by atomic mass is 10.2. The number of urea groups is 1. The number of aromatic nitrogens is 2. The van der Waals surface area contributed by atoms with E-state index in [4.69, 9.17) is 5.11 Å². The average Bonchev–Trinajstić information content (AvgIpc) is 2.52. The molecule has 21 heavy (non-hydrogen) atoms. The molecule has 0 saturated heterocycles. The molecule has 0 bridgehead atoms. The van der Waals surface area contributed by atoms with Gasteiger partial charge in [-0.25, -0.2) is 9.59 Å². The van der Waals surface area contributed by atoms with Crippen LogP contribution in [0.3, 0.4) is 0 Å². The normalized spacial score (nSPS) is 9.90. The fourth-order valence-corrected chi connectivity index (χ4v) is 1.61. The van der Waals surface area contributed by atoms with Crippen molar-refractivity contribution in [1.29, 1.82) is 0 Å². The van der Waals surface area contributed by atoms with Crippen molar-refractivity contribution >= 4 is 12.0 Å². The van der Waals surface area contributed by atoms with E-state index in [0.29, 0.717) is 12.2 Å². The summed E-state index contributed by atoms with van der Waals surface area (Å²) in [4.78, 5) is 30.5. The largest absolute Gasteiger partial charge is 0.478 e. The zero-order valence-corrected chi connectivity index (χ0v) is 11.1. The van der Waals surface area contributed by atoms with E-state index in [1.807, 2.05) is 6.07 Å². The van der Waals surface area contributed by atoms with Crippen molar-refractivity contribution in [3.63, 3.8) is 0 Å². The van der Waals surface area contributed by atoms with Gasteiger partial charge in [-0.3, -0.25) is 9.97 Å². The summed E-state index contributed by atoms with van der Waals surface area (Å²) < 4.78 is 0. The molecule has 0 aliphatic heterocycles. The minimum Gasteiger partial charge on any atom is -0.478 e. The quantitative estimate of drug-likeness (QED) is 0.765. The molecule has 108 valence electrons. The van der Waals surface area contributed by atoms with Crippen molar-refractivity contribution in [2.75, 3.05) is 0 Å². The SMILES string of the molecule is O=C(NCc1ccccn1)NCc1cc(C(=O)O)ccn1. The Morgan fingerprint density at radius 3 is 2.38 bits per heavy atom. The molecular formula is C14H14N4O3. The fraction of sp³-hybridized carbons (Fsp3) is 0.143. The maximum absolute atomic E-state index is 11.6. The lowest BCUT2D eigenvalue weighted by Gasteiger charge is -2.07. The third kappa shape index (κ3) is 4.57. The fourth-order valence-electron chi connectivity index (χ4n) is 1.61. The van der Waals surface area contributed by atoms with Crippen LogP contribution in [-0.2, 0) is 13.1 Å². The number of nitrogens with zero attached hydrogens (tertiary/aromatic N) is 2. The Hall–Kier alpha value is -2.96. The van der Waals surface area contributed by atoms with Gasteiger partial charge in [-0.15, -0.1) is 0 Å². The summed E-state index contributed by atoms with van der Waals surface area (Å²) in [5, 5.41) is 14.1. The molecule has 0 fully saturated rings. The molecule has 0 unspecified atom stereocenters. The molecular weight excluding hydrogens is 272 g/mol. The average molecular weight is 286 g/mol. The van der Waals surface area contributed by atoms with Gasteiger partial charge in [0.2, 0.25) is 0 Å². The molecule has 0 atom stereocenters. The number of rotatable bonds is 5. The standard InChI is InChI=1S/C14H14N4O3/c19-13(20)10-4-6-16-12(7-10)9-18-14(21)17-8-11-3-1-2-5-15-11/h1-7H,8-9H2,(H,19,20)(H2,17,18,21). The highest BCUT2D eigenvalue weighted by molar-refractivity contribution is 5.87. The summed E-state index contributed by atoms with van der Waals surface area (Å²) in [5.74, 6) is -1.03. The number of pyridine rings is 2. The molecule has 2 amide bonds. The Morgan fingerprint density at radius 1 is 1.00 bits per heavy atom. The predicted octanol–water partition coefficient (Wildman–Crippen LogP) is 1.17. The second-order valence-corrected chi connectivity index (χ2v) is 4.20. The van der Waals surface area contributed by atoms with E-state index in [2.05, 4.69) is 20.6 Å². The summed E-state index contributed by atoms with van der Waals surface area (Å²) in [6, 6.07) is 7.88. The highest BCUT2D eigenvalue weighted by Gasteiger charge is 2.06. The number of carbonyl (C=O) groups excluding carboxylic acids is 1. The molecule has 7 heteroatoms. The van der Waals surface area contributed by atoms with Crippen molar-refractivity contribution in [2.24, 2.45) is 0 Å². The van der Waals surface area contributed by atoms with Crippen LogP contribution in [0.5, 0.6) is 0 Å². The lowest BCUT2D eigenvalue weighted by Crippen LogP contribution is -2.35. The molecule has 2 aromatic rings. The first-order valence-corrected chi connectivity index (χ1v) is 6.25. The maximum atomic E-state index is 11.6. The van der Waals surface area contributed by atoms with Crippen molar-refractivity contribution in [2.45, 2.75) is 13.1 Å². The molecule has 2 rings (SSSR count). The first kappa shape index (κ1) is 14.4. The van der Waals surface area contributed by atoms with E-state index in [1.54, 1.807) is 18.3 Å². The van der Waals surface area contributed by atoms with Crippen molar-refractivity contribution in [1.82, 2.24) is 20.6 Å². The van der Waals surface area contributed by atoms with E-state index in [0.717, 1.165) is 5.69 Å². The summed E-state index contributed by atoms with van der Waals surface area (Å²) in [5.41, 5.74) is 1.36. The van der Waals surface area contributed by atoms with Gasteiger partial charge >= 0.3 is 12.0 Å². The van der Waals surface area contributed by atoms with Gasteiger partial charge in [0.05, 0.1) is 30.0 Å². The van der Waals surface area contributed by atoms with Crippen LogP contribution in [0.1, 0.15) is 21.7 Å². The minimum atomic E-state index is -1.03. The Balaban J connectivity index is 1.81. The van der Waals surface area contributed by atoms with E-state index >= 15 is 0 Å². The van der Waals surface area contributed by atoms with Crippen LogP contribution in [0.25, 0.3) is 0 Å². The van der Waals surface area contributed by atoms with Gasteiger partial charge in [0, 0.05) is 12.4 Å². The van der Waals surface area contributed by atoms with Crippen LogP contribution >= 0.6 is 0 Å².